The van der Waals surface area contributed by atoms with Gasteiger partial charge in [0, 0.05) is 25.7 Å². The first-order valence-corrected chi connectivity index (χ1v) is 5.54. The van der Waals surface area contributed by atoms with Crippen LogP contribution in [0.1, 0.15) is 12.0 Å². The Morgan fingerprint density at radius 3 is 2.79 bits per heavy atom. The Hall–Kier alpha value is -2.44. The number of fused-ring (bicyclic) bond motifs is 1. The maximum atomic E-state index is 13.7. The van der Waals surface area contributed by atoms with Gasteiger partial charge in [-0.05, 0) is 18.1 Å². The summed E-state index contributed by atoms with van der Waals surface area (Å²) >= 11 is 0. The number of hydrogen-bond donors (Lipinski definition) is 1. The van der Waals surface area contributed by atoms with E-state index in [9.17, 15) is 19.3 Å². The molecular weight excluding hydrogens is 255 g/mol. The summed E-state index contributed by atoms with van der Waals surface area (Å²) in [4.78, 5) is 21.0. The van der Waals surface area contributed by atoms with Gasteiger partial charge in [-0.1, -0.05) is 0 Å². The Morgan fingerprint density at radius 2 is 2.21 bits per heavy atom. The number of aryl methyl sites for hydroxylation is 2. The summed E-state index contributed by atoms with van der Waals surface area (Å²) in [5.41, 5.74) is 0.373. The topological polar surface area (TPSA) is 85.4 Å². The van der Waals surface area contributed by atoms with Crippen molar-refractivity contribution in [2.45, 2.75) is 12.8 Å². The minimum Gasteiger partial charge on any atom is -0.481 e. The van der Waals surface area contributed by atoms with E-state index < -0.39 is 16.7 Å². The van der Waals surface area contributed by atoms with E-state index in [1.807, 2.05) is 0 Å². The summed E-state index contributed by atoms with van der Waals surface area (Å²) in [6.07, 6.45) is 1.49. The first-order chi connectivity index (χ1) is 8.91. The number of carboxylic acid groups (broad SMARTS) is 1. The molecule has 100 valence electrons. The van der Waals surface area contributed by atoms with Crippen LogP contribution in [-0.4, -0.2) is 20.6 Å². The highest BCUT2D eigenvalue weighted by Crippen LogP contribution is 2.32. The average Bonchev–Trinajstić information content (AvgIpc) is 2.65. The second-order valence-electron chi connectivity index (χ2n) is 4.21. The van der Waals surface area contributed by atoms with Crippen LogP contribution in [-0.2, 0) is 18.3 Å². The summed E-state index contributed by atoms with van der Waals surface area (Å²) < 4.78 is 15.2. The highest BCUT2D eigenvalue weighted by atomic mass is 19.1. The normalized spacial score (nSPS) is 10.8. The molecule has 1 aromatic heterocycles. The Labute approximate surface area is 107 Å². The van der Waals surface area contributed by atoms with Crippen molar-refractivity contribution >= 4 is 22.6 Å². The molecule has 0 spiro atoms. The van der Waals surface area contributed by atoms with Crippen molar-refractivity contribution in [3.63, 3.8) is 0 Å². The van der Waals surface area contributed by atoms with Crippen molar-refractivity contribution in [1.82, 2.24) is 4.57 Å². The first-order valence-electron chi connectivity index (χ1n) is 5.54. The second-order valence-corrected chi connectivity index (χ2v) is 4.21. The van der Waals surface area contributed by atoms with Gasteiger partial charge < -0.3 is 9.67 Å². The van der Waals surface area contributed by atoms with Crippen molar-refractivity contribution in [2.24, 2.45) is 7.05 Å². The van der Waals surface area contributed by atoms with Gasteiger partial charge in [-0.2, -0.15) is 0 Å². The lowest BCUT2D eigenvalue weighted by Gasteiger charge is -2.00. The largest absolute Gasteiger partial charge is 0.481 e. The van der Waals surface area contributed by atoms with Crippen LogP contribution in [0.5, 0.6) is 0 Å². The fraction of sp³-hybridized carbons (Fsp3) is 0.250. The fourth-order valence-electron chi connectivity index (χ4n) is 2.16. The molecule has 0 amide bonds. The number of carbonyl (C=O) groups is 1. The monoisotopic (exact) mass is 266 g/mol. The minimum absolute atomic E-state index is 0.120. The van der Waals surface area contributed by atoms with E-state index in [1.165, 1.54) is 10.8 Å². The van der Waals surface area contributed by atoms with Crippen molar-refractivity contribution in [3.8, 4) is 0 Å². The van der Waals surface area contributed by atoms with Crippen molar-refractivity contribution in [2.75, 3.05) is 0 Å². The Kier molecular flexibility index (Phi) is 3.20. The van der Waals surface area contributed by atoms with Gasteiger partial charge in [0.2, 0.25) is 0 Å². The number of nitro groups is 1. The molecule has 0 fully saturated rings. The molecule has 1 heterocycles. The van der Waals surface area contributed by atoms with Crippen LogP contribution in [0.4, 0.5) is 10.1 Å². The van der Waals surface area contributed by atoms with Gasteiger partial charge in [-0.15, -0.1) is 0 Å². The quantitative estimate of drug-likeness (QED) is 0.679. The third kappa shape index (κ3) is 2.26. The van der Waals surface area contributed by atoms with Gasteiger partial charge in [-0.25, -0.2) is 4.39 Å². The van der Waals surface area contributed by atoms with Crippen LogP contribution < -0.4 is 0 Å². The van der Waals surface area contributed by atoms with Gasteiger partial charge in [-0.3, -0.25) is 14.9 Å². The number of carboxylic acids is 1. The van der Waals surface area contributed by atoms with Crippen LogP contribution in [0.15, 0.2) is 18.3 Å². The van der Waals surface area contributed by atoms with E-state index >= 15 is 0 Å². The van der Waals surface area contributed by atoms with Gasteiger partial charge in [0.25, 0.3) is 5.69 Å². The molecule has 1 aromatic carbocycles. The minimum atomic E-state index is -1.00. The summed E-state index contributed by atoms with van der Waals surface area (Å²) in [5.74, 6) is -1.57. The zero-order valence-electron chi connectivity index (χ0n) is 10.1. The lowest BCUT2D eigenvalue weighted by Crippen LogP contribution is -1.98. The van der Waals surface area contributed by atoms with E-state index in [0.29, 0.717) is 5.56 Å². The number of halogens is 1. The Morgan fingerprint density at radius 1 is 1.53 bits per heavy atom. The molecule has 6 nitrogen and oxygen atoms in total. The van der Waals surface area contributed by atoms with E-state index in [0.717, 1.165) is 12.1 Å². The highest BCUT2D eigenvalue weighted by molar-refractivity contribution is 5.93. The molecular formula is C12H11FN2O4. The number of rotatable bonds is 4. The summed E-state index contributed by atoms with van der Waals surface area (Å²) in [5, 5.41) is 19.8. The second kappa shape index (κ2) is 4.68. The zero-order valence-corrected chi connectivity index (χ0v) is 10.1. The molecule has 7 heteroatoms. The van der Waals surface area contributed by atoms with E-state index in [1.54, 1.807) is 7.05 Å². The van der Waals surface area contributed by atoms with E-state index in [4.69, 9.17) is 5.11 Å². The summed E-state index contributed by atoms with van der Waals surface area (Å²) in [6.45, 7) is 0. The van der Waals surface area contributed by atoms with Gasteiger partial charge >= 0.3 is 5.97 Å². The number of aliphatic carboxylic acids is 1. The molecule has 0 saturated carbocycles. The SMILES string of the molecule is Cn1cc(CCC(=O)O)c2c([N+](=O)[O-])ccc(F)c21. The van der Waals surface area contributed by atoms with Crippen molar-refractivity contribution in [1.29, 1.82) is 0 Å². The number of nitrogens with zero attached hydrogens (tertiary/aromatic N) is 2. The van der Waals surface area contributed by atoms with Crippen molar-refractivity contribution in [3.05, 3.63) is 39.8 Å². The van der Waals surface area contributed by atoms with Gasteiger partial charge in [0.05, 0.1) is 15.8 Å². The molecule has 0 unspecified atom stereocenters. The van der Waals surface area contributed by atoms with Crippen LogP contribution in [0.2, 0.25) is 0 Å². The maximum absolute atomic E-state index is 13.7. The smallest absolute Gasteiger partial charge is 0.303 e. The van der Waals surface area contributed by atoms with Gasteiger partial charge in [0.1, 0.15) is 5.82 Å². The molecule has 0 saturated heterocycles. The van der Waals surface area contributed by atoms with E-state index in [-0.39, 0.29) is 29.4 Å². The van der Waals surface area contributed by atoms with E-state index in [2.05, 4.69) is 0 Å². The zero-order chi connectivity index (χ0) is 14.2. The molecule has 0 aliphatic carbocycles. The highest BCUT2D eigenvalue weighted by Gasteiger charge is 2.21. The van der Waals surface area contributed by atoms with Gasteiger partial charge in [0.15, 0.2) is 0 Å². The maximum Gasteiger partial charge on any atom is 0.303 e. The standard InChI is InChI=1S/C12H11FN2O4/c1-14-6-7(2-5-10(16)17)11-9(15(18)19)4-3-8(13)12(11)14/h3-4,6H,2,5H2,1H3,(H,16,17). The number of nitro benzene ring substituents is 1. The molecule has 2 aromatic rings. The number of benzene rings is 1. The first kappa shape index (κ1) is 13.0. The number of non-ortho nitro benzene ring substituents is 1. The van der Waals surface area contributed by atoms with Crippen LogP contribution in [0, 0.1) is 15.9 Å². The summed E-state index contributed by atoms with van der Waals surface area (Å²) in [6, 6.07) is 2.14. The third-order valence-corrected chi connectivity index (χ3v) is 2.93. The average molecular weight is 266 g/mol. The summed E-state index contributed by atoms with van der Waals surface area (Å²) in [7, 11) is 1.57. The molecule has 0 bridgehead atoms. The molecule has 0 atom stereocenters. The molecule has 1 N–H and O–H groups in total. The Bertz CT molecular complexity index is 678. The van der Waals surface area contributed by atoms with Crippen LogP contribution in [0.25, 0.3) is 10.9 Å². The molecule has 0 aliphatic rings. The molecule has 0 radical (unpaired) electrons. The number of aromatic nitrogens is 1. The molecule has 19 heavy (non-hydrogen) atoms. The fourth-order valence-corrected chi connectivity index (χ4v) is 2.16. The molecule has 0 aliphatic heterocycles. The molecule has 2 rings (SSSR count). The lowest BCUT2D eigenvalue weighted by molar-refractivity contribution is -0.383. The predicted octanol–water partition coefficient (Wildman–Crippen LogP) is 2.24. The van der Waals surface area contributed by atoms with Crippen LogP contribution >= 0.6 is 0 Å². The Balaban J connectivity index is 2.67. The predicted molar refractivity (Wildman–Crippen MR) is 65.5 cm³/mol. The van der Waals surface area contributed by atoms with Crippen LogP contribution in [0.3, 0.4) is 0 Å². The third-order valence-electron chi connectivity index (χ3n) is 2.93. The number of hydrogen-bond acceptors (Lipinski definition) is 3. The lowest BCUT2D eigenvalue weighted by atomic mass is 10.1. The van der Waals surface area contributed by atoms with Crippen molar-refractivity contribution < 1.29 is 19.2 Å².